The predicted molar refractivity (Wildman–Crippen MR) is 108 cm³/mol. The normalized spacial score (nSPS) is 15.8. The molecule has 1 aliphatic rings. The molecule has 8 heteroatoms. The van der Waals surface area contributed by atoms with Crippen LogP contribution >= 0.6 is 0 Å². The molecule has 0 bridgehead atoms. The fourth-order valence-electron chi connectivity index (χ4n) is 3.04. The van der Waals surface area contributed by atoms with E-state index in [0.29, 0.717) is 32.0 Å². The number of anilines is 1. The van der Waals surface area contributed by atoms with E-state index < -0.39 is 21.6 Å². The SMILES string of the molecule is CC(C)(NC(=O)Nc1cccc(S(=O)(=O)N2CCOCC2)c1)c1ccccc1. The monoisotopic (exact) mass is 403 g/mol. The van der Waals surface area contributed by atoms with E-state index in [0.717, 1.165) is 5.56 Å². The zero-order valence-corrected chi connectivity index (χ0v) is 16.8. The average molecular weight is 404 g/mol. The highest BCUT2D eigenvalue weighted by atomic mass is 32.2. The molecule has 3 rings (SSSR count). The third-order valence-electron chi connectivity index (χ3n) is 4.62. The van der Waals surface area contributed by atoms with Gasteiger partial charge in [-0.15, -0.1) is 0 Å². The van der Waals surface area contributed by atoms with Crippen LogP contribution in [0.4, 0.5) is 10.5 Å². The van der Waals surface area contributed by atoms with Crippen molar-refractivity contribution in [3.8, 4) is 0 Å². The third-order valence-corrected chi connectivity index (χ3v) is 6.52. The number of benzene rings is 2. The molecule has 150 valence electrons. The van der Waals surface area contributed by atoms with Crippen molar-refractivity contribution in [1.82, 2.24) is 9.62 Å². The summed E-state index contributed by atoms with van der Waals surface area (Å²) < 4.78 is 32.2. The lowest BCUT2D eigenvalue weighted by molar-refractivity contribution is 0.0730. The Labute approximate surface area is 165 Å². The minimum atomic E-state index is -3.62. The maximum absolute atomic E-state index is 12.8. The number of hydrogen-bond donors (Lipinski definition) is 2. The van der Waals surface area contributed by atoms with Gasteiger partial charge < -0.3 is 15.4 Å². The summed E-state index contributed by atoms with van der Waals surface area (Å²) >= 11 is 0. The third kappa shape index (κ3) is 4.70. The number of ether oxygens (including phenoxy) is 1. The van der Waals surface area contributed by atoms with E-state index in [-0.39, 0.29) is 4.90 Å². The van der Waals surface area contributed by atoms with Crippen LogP contribution in [0, 0.1) is 0 Å². The Bertz CT molecular complexity index is 923. The Balaban J connectivity index is 1.71. The van der Waals surface area contributed by atoms with Crippen LogP contribution in [0.3, 0.4) is 0 Å². The second-order valence-corrected chi connectivity index (χ2v) is 9.05. The first kappa shape index (κ1) is 20.3. The van der Waals surface area contributed by atoms with Gasteiger partial charge in [-0.1, -0.05) is 36.4 Å². The minimum Gasteiger partial charge on any atom is -0.379 e. The molecule has 1 aliphatic heterocycles. The van der Waals surface area contributed by atoms with Crippen molar-refractivity contribution >= 4 is 21.7 Å². The largest absolute Gasteiger partial charge is 0.379 e. The van der Waals surface area contributed by atoms with E-state index in [1.165, 1.54) is 16.4 Å². The van der Waals surface area contributed by atoms with Gasteiger partial charge >= 0.3 is 6.03 Å². The van der Waals surface area contributed by atoms with Gasteiger partial charge in [0.1, 0.15) is 0 Å². The van der Waals surface area contributed by atoms with Gasteiger partial charge in [0.25, 0.3) is 0 Å². The molecular weight excluding hydrogens is 378 g/mol. The summed E-state index contributed by atoms with van der Waals surface area (Å²) in [5, 5.41) is 5.64. The van der Waals surface area contributed by atoms with E-state index >= 15 is 0 Å². The number of nitrogens with one attached hydrogen (secondary N) is 2. The van der Waals surface area contributed by atoms with Crippen LogP contribution in [0.15, 0.2) is 59.5 Å². The highest BCUT2D eigenvalue weighted by Crippen LogP contribution is 2.22. The van der Waals surface area contributed by atoms with Crippen LogP contribution in [0.25, 0.3) is 0 Å². The smallest absolute Gasteiger partial charge is 0.319 e. The molecule has 2 N–H and O–H groups in total. The van der Waals surface area contributed by atoms with Crippen LogP contribution < -0.4 is 10.6 Å². The molecule has 28 heavy (non-hydrogen) atoms. The van der Waals surface area contributed by atoms with Crippen molar-refractivity contribution in [3.63, 3.8) is 0 Å². The fraction of sp³-hybridized carbons (Fsp3) is 0.350. The van der Waals surface area contributed by atoms with Crippen molar-refractivity contribution in [2.24, 2.45) is 0 Å². The second-order valence-electron chi connectivity index (χ2n) is 7.11. The molecule has 0 atom stereocenters. The molecule has 0 aliphatic carbocycles. The second kappa shape index (κ2) is 8.30. The van der Waals surface area contributed by atoms with Gasteiger partial charge in [-0.05, 0) is 37.6 Å². The summed E-state index contributed by atoms with van der Waals surface area (Å²) in [4.78, 5) is 12.6. The first-order chi connectivity index (χ1) is 13.3. The number of rotatable bonds is 5. The van der Waals surface area contributed by atoms with E-state index in [2.05, 4.69) is 10.6 Å². The molecule has 0 spiro atoms. The molecule has 0 unspecified atom stereocenters. The Morgan fingerprint density at radius 3 is 2.39 bits per heavy atom. The molecule has 1 fully saturated rings. The number of amides is 2. The van der Waals surface area contributed by atoms with Gasteiger partial charge in [-0.2, -0.15) is 4.31 Å². The Morgan fingerprint density at radius 2 is 1.71 bits per heavy atom. The minimum absolute atomic E-state index is 0.148. The van der Waals surface area contributed by atoms with E-state index in [1.807, 2.05) is 44.2 Å². The number of hydrogen-bond acceptors (Lipinski definition) is 4. The van der Waals surface area contributed by atoms with Gasteiger partial charge in [-0.3, -0.25) is 0 Å². The quantitative estimate of drug-likeness (QED) is 0.804. The lowest BCUT2D eigenvalue weighted by Crippen LogP contribution is -2.43. The first-order valence-electron chi connectivity index (χ1n) is 9.12. The molecule has 1 saturated heterocycles. The molecule has 0 aromatic heterocycles. The van der Waals surface area contributed by atoms with Gasteiger partial charge in [0.05, 0.1) is 23.6 Å². The zero-order valence-electron chi connectivity index (χ0n) is 16.0. The molecule has 0 saturated carbocycles. The van der Waals surface area contributed by atoms with E-state index in [1.54, 1.807) is 12.1 Å². The van der Waals surface area contributed by atoms with Crippen LogP contribution in [0.5, 0.6) is 0 Å². The Kier molecular flexibility index (Phi) is 6.02. The average Bonchev–Trinajstić information content (AvgIpc) is 2.69. The maximum Gasteiger partial charge on any atom is 0.319 e. The topological polar surface area (TPSA) is 87.7 Å². The zero-order chi connectivity index (χ0) is 20.2. The van der Waals surface area contributed by atoms with Crippen LogP contribution in [-0.4, -0.2) is 45.1 Å². The standard InChI is InChI=1S/C20H25N3O4S/c1-20(2,16-7-4-3-5-8-16)22-19(24)21-17-9-6-10-18(15-17)28(25,26)23-11-13-27-14-12-23/h3-10,15H,11-14H2,1-2H3,(H2,21,22,24). The lowest BCUT2D eigenvalue weighted by Gasteiger charge is -2.27. The van der Waals surface area contributed by atoms with E-state index in [9.17, 15) is 13.2 Å². The van der Waals surface area contributed by atoms with Gasteiger partial charge in [-0.25, -0.2) is 13.2 Å². The van der Waals surface area contributed by atoms with E-state index in [4.69, 9.17) is 4.74 Å². The van der Waals surface area contributed by atoms with Crippen LogP contribution in [0.2, 0.25) is 0 Å². The molecule has 0 radical (unpaired) electrons. The highest BCUT2D eigenvalue weighted by Gasteiger charge is 2.27. The lowest BCUT2D eigenvalue weighted by atomic mass is 9.95. The van der Waals surface area contributed by atoms with Crippen molar-refractivity contribution in [2.45, 2.75) is 24.3 Å². The molecular formula is C20H25N3O4S. The molecule has 7 nitrogen and oxygen atoms in total. The molecule has 1 heterocycles. The van der Waals surface area contributed by atoms with Gasteiger partial charge in [0.15, 0.2) is 0 Å². The molecule has 2 amide bonds. The summed E-state index contributed by atoms with van der Waals surface area (Å²) in [6.07, 6.45) is 0. The fourth-order valence-corrected chi connectivity index (χ4v) is 4.50. The number of carbonyl (C=O) groups is 1. The number of morpholine rings is 1. The van der Waals surface area contributed by atoms with Crippen LogP contribution in [0.1, 0.15) is 19.4 Å². The summed E-state index contributed by atoms with van der Waals surface area (Å²) in [7, 11) is -3.62. The predicted octanol–water partition coefficient (Wildman–Crippen LogP) is 2.76. The summed E-state index contributed by atoms with van der Waals surface area (Å²) in [6, 6.07) is 15.5. The number of sulfonamides is 1. The summed E-state index contributed by atoms with van der Waals surface area (Å²) in [5.41, 5.74) is 0.799. The van der Waals surface area contributed by atoms with Crippen molar-refractivity contribution in [3.05, 3.63) is 60.2 Å². The van der Waals surface area contributed by atoms with Crippen molar-refractivity contribution in [2.75, 3.05) is 31.6 Å². The van der Waals surface area contributed by atoms with Crippen molar-refractivity contribution < 1.29 is 17.9 Å². The summed E-state index contributed by atoms with van der Waals surface area (Å²) in [6.45, 7) is 5.22. The number of urea groups is 1. The summed E-state index contributed by atoms with van der Waals surface area (Å²) in [5.74, 6) is 0. The number of carbonyl (C=O) groups excluding carboxylic acids is 1. The Hall–Kier alpha value is -2.42. The Morgan fingerprint density at radius 1 is 1.04 bits per heavy atom. The van der Waals surface area contributed by atoms with Crippen molar-refractivity contribution in [1.29, 1.82) is 0 Å². The number of nitrogens with zero attached hydrogens (tertiary/aromatic N) is 1. The maximum atomic E-state index is 12.8. The van der Waals surface area contributed by atoms with Gasteiger partial charge in [0, 0.05) is 18.8 Å². The first-order valence-corrected chi connectivity index (χ1v) is 10.6. The highest BCUT2D eigenvalue weighted by molar-refractivity contribution is 7.89. The molecule has 2 aromatic carbocycles. The van der Waals surface area contributed by atoms with Crippen LogP contribution in [-0.2, 0) is 20.3 Å². The van der Waals surface area contributed by atoms with Gasteiger partial charge in [0.2, 0.25) is 10.0 Å². The molecule has 2 aromatic rings.